The highest BCUT2D eigenvalue weighted by atomic mass is 19.4. The molecule has 0 saturated heterocycles. The highest BCUT2D eigenvalue weighted by Gasteiger charge is 2.30. The third-order valence-electron chi connectivity index (χ3n) is 3.68. The normalized spacial score (nSPS) is 15.4. The second-order valence-electron chi connectivity index (χ2n) is 5.04. The van der Waals surface area contributed by atoms with Gasteiger partial charge in [-0.05, 0) is 29.7 Å². The molecule has 0 spiro atoms. The van der Waals surface area contributed by atoms with Gasteiger partial charge in [0.25, 0.3) is 0 Å². The average molecular weight is 295 g/mol. The SMILES string of the molecule is FC(c1ccc(C(F)(F)F)cc1)c1cccc2c1NCC2. The molecule has 2 aromatic carbocycles. The van der Waals surface area contributed by atoms with Gasteiger partial charge in [-0.2, -0.15) is 13.2 Å². The molecule has 0 saturated carbocycles. The van der Waals surface area contributed by atoms with Crippen LogP contribution in [0.3, 0.4) is 0 Å². The van der Waals surface area contributed by atoms with Gasteiger partial charge in [0.05, 0.1) is 5.56 Å². The number of hydrogen-bond donors (Lipinski definition) is 1. The van der Waals surface area contributed by atoms with Crippen molar-refractivity contribution in [1.82, 2.24) is 0 Å². The first-order chi connectivity index (χ1) is 9.97. The van der Waals surface area contributed by atoms with Crippen LogP contribution in [0.2, 0.25) is 0 Å². The van der Waals surface area contributed by atoms with Crippen molar-refractivity contribution >= 4 is 5.69 Å². The zero-order valence-electron chi connectivity index (χ0n) is 11.0. The Morgan fingerprint density at radius 2 is 1.71 bits per heavy atom. The number of para-hydroxylation sites is 1. The van der Waals surface area contributed by atoms with Crippen molar-refractivity contribution in [3.05, 3.63) is 64.7 Å². The monoisotopic (exact) mass is 295 g/mol. The van der Waals surface area contributed by atoms with E-state index in [4.69, 9.17) is 0 Å². The number of benzene rings is 2. The number of rotatable bonds is 2. The van der Waals surface area contributed by atoms with Crippen LogP contribution in [0.4, 0.5) is 23.2 Å². The molecule has 1 heterocycles. The minimum absolute atomic E-state index is 0.227. The van der Waals surface area contributed by atoms with E-state index in [1.54, 1.807) is 12.1 Å². The molecule has 1 nitrogen and oxygen atoms in total. The lowest BCUT2D eigenvalue weighted by Gasteiger charge is -2.14. The Kier molecular flexibility index (Phi) is 3.35. The van der Waals surface area contributed by atoms with Gasteiger partial charge in [-0.1, -0.05) is 30.3 Å². The topological polar surface area (TPSA) is 12.0 Å². The van der Waals surface area contributed by atoms with Crippen molar-refractivity contribution in [3.8, 4) is 0 Å². The van der Waals surface area contributed by atoms with E-state index in [-0.39, 0.29) is 5.56 Å². The van der Waals surface area contributed by atoms with Crippen molar-refractivity contribution in [2.45, 2.75) is 18.8 Å². The fourth-order valence-electron chi connectivity index (χ4n) is 2.60. The molecule has 1 aliphatic rings. The number of hydrogen-bond acceptors (Lipinski definition) is 1. The van der Waals surface area contributed by atoms with E-state index in [9.17, 15) is 17.6 Å². The van der Waals surface area contributed by atoms with E-state index in [2.05, 4.69) is 5.32 Å². The van der Waals surface area contributed by atoms with E-state index in [1.165, 1.54) is 12.1 Å². The summed E-state index contributed by atoms with van der Waals surface area (Å²) in [4.78, 5) is 0. The molecule has 0 radical (unpaired) electrons. The molecule has 1 unspecified atom stereocenters. The molecule has 3 rings (SSSR count). The van der Waals surface area contributed by atoms with Crippen LogP contribution in [0.5, 0.6) is 0 Å². The molecule has 110 valence electrons. The maximum Gasteiger partial charge on any atom is 0.416 e. The van der Waals surface area contributed by atoms with Crippen LogP contribution < -0.4 is 5.32 Å². The van der Waals surface area contributed by atoms with Crippen molar-refractivity contribution in [3.63, 3.8) is 0 Å². The van der Waals surface area contributed by atoms with E-state index in [1.807, 2.05) is 6.07 Å². The van der Waals surface area contributed by atoms with Gasteiger partial charge < -0.3 is 5.32 Å². The van der Waals surface area contributed by atoms with Crippen LogP contribution in [-0.2, 0) is 12.6 Å². The molecule has 21 heavy (non-hydrogen) atoms. The van der Waals surface area contributed by atoms with Crippen LogP contribution in [0, 0.1) is 0 Å². The third-order valence-corrected chi connectivity index (χ3v) is 3.68. The molecule has 0 fully saturated rings. The molecule has 0 bridgehead atoms. The maximum atomic E-state index is 14.6. The quantitative estimate of drug-likeness (QED) is 0.790. The minimum atomic E-state index is -4.40. The van der Waals surface area contributed by atoms with Gasteiger partial charge in [-0.3, -0.25) is 0 Å². The first-order valence-electron chi connectivity index (χ1n) is 6.64. The maximum absolute atomic E-state index is 14.6. The summed E-state index contributed by atoms with van der Waals surface area (Å²) in [5, 5.41) is 3.14. The molecule has 5 heteroatoms. The summed E-state index contributed by atoms with van der Waals surface area (Å²) in [6.45, 7) is 0.756. The standard InChI is InChI=1S/C16H13F4N/c17-14(10-4-6-12(7-5-10)16(18,19)20)13-3-1-2-11-8-9-21-15(11)13/h1-7,14,21H,8-9H2. The van der Waals surface area contributed by atoms with Gasteiger partial charge >= 0.3 is 6.18 Å². The van der Waals surface area contributed by atoms with Crippen molar-refractivity contribution in [1.29, 1.82) is 0 Å². The molecule has 2 aromatic rings. The van der Waals surface area contributed by atoms with Gasteiger partial charge in [0.15, 0.2) is 6.17 Å². The largest absolute Gasteiger partial charge is 0.416 e. The van der Waals surface area contributed by atoms with Gasteiger partial charge in [0, 0.05) is 17.8 Å². The Morgan fingerprint density at radius 3 is 2.38 bits per heavy atom. The fourth-order valence-corrected chi connectivity index (χ4v) is 2.60. The highest BCUT2D eigenvalue weighted by Crippen LogP contribution is 2.37. The highest BCUT2D eigenvalue weighted by molar-refractivity contribution is 5.63. The number of halogens is 4. The Hall–Kier alpha value is -2.04. The molecule has 0 amide bonds. The number of alkyl halides is 4. The number of fused-ring (bicyclic) bond motifs is 1. The average Bonchev–Trinajstić information content (AvgIpc) is 2.94. The third kappa shape index (κ3) is 2.60. The van der Waals surface area contributed by atoms with E-state index in [0.717, 1.165) is 36.3 Å². The molecular formula is C16H13F4N. The van der Waals surface area contributed by atoms with Crippen LogP contribution in [0.25, 0.3) is 0 Å². The minimum Gasteiger partial charge on any atom is -0.384 e. The van der Waals surface area contributed by atoms with Gasteiger partial charge in [-0.15, -0.1) is 0 Å². The second-order valence-corrected chi connectivity index (χ2v) is 5.04. The first-order valence-corrected chi connectivity index (χ1v) is 6.64. The van der Waals surface area contributed by atoms with Crippen molar-refractivity contribution in [2.24, 2.45) is 0 Å². The second kappa shape index (κ2) is 5.06. The summed E-state index contributed by atoms with van der Waals surface area (Å²) in [5.41, 5.74) is 1.75. The Bertz CT molecular complexity index is 646. The predicted molar refractivity (Wildman–Crippen MR) is 73.0 cm³/mol. The summed E-state index contributed by atoms with van der Waals surface area (Å²) in [6, 6.07) is 9.59. The lowest BCUT2D eigenvalue weighted by Crippen LogP contribution is -2.05. The summed E-state index contributed by atoms with van der Waals surface area (Å²) >= 11 is 0. The summed E-state index contributed by atoms with van der Waals surface area (Å²) < 4.78 is 52.2. The van der Waals surface area contributed by atoms with Crippen LogP contribution >= 0.6 is 0 Å². The smallest absolute Gasteiger partial charge is 0.384 e. The van der Waals surface area contributed by atoms with Gasteiger partial charge in [-0.25, -0.2) is 4.39 Å². The predicted octanol–water partition coefficient (Wildman–Crippen LogP) is 4.73. The Balaban J connectivity index is 1.93. The van der Waals surface area contributed by atoms with E-state index in [0.29, 0.717) is 5.56 Å². The lowest BCUT2D eigenvalue weighted by atomic mass is 9.98. The molecular weight excluding hydrogens is 282 g/mol. The van der Waals surface area contributed by atoms with E-state index >= 15 is 0 Å². The Labute approximate surface area is 119 Å². The number of anilines is 1. The van der Waals surface area contributed by atoms with Crippen molar-refractivity contribution < 1.29 is 17.6 Å². The van der Waals surface area contributed by atoms with Crippen LogP contribution in [-0.4, -0.2) is 6.54 Å². The van der Waals surface area contributed by atoms with Crippen LogP contribution in [0.1, 0.15) is 28.4 Å². The van der Waals surface area contributed by atoms with Crippen molar-refractivity contribution in [2.75, 3.05) is 11.9 Å². The molecule has 1 N–H and O–H groups in total. The van der Waals surface area contributed by atoms with Gasteiger partial charge in [0.2, 0.25) is 0 Å². The summed E-state index contributed by atoms with van der Waals surface area (Å²) in [5.74, 6) is 0. The van der Waals surface area contributed by atoms with Crippen LogP contribution in [0.15, 0.2) is 42.5 Å². The molecule has 0 aliphatic carbocycles. The Morgan fingerprint density at radius 1 is 1.00 bits per heavy atom. The zero-order chi connectivity index (χ0) is 15.0. The summed E-state index contributed by atoms with van der Waals surface area (Å²) in [7, 11) is 0. The summed E-state index contributed by atoms with van der Waals surface area (Å²) in [6.07, 6.45) is -5.00. The molecule has 1 aliphatic heterocycles. The molecule has 1 atom stereocenters. The fraction of sp³-hybridized carbons (Fsp3) is 0.250. The zero-order valence-corrected chi connectivity index (χ0v) is 11.0. The van der Waals surface area contributed by atoms with E-state index < -0.39 is 17.9 Å². The lowest BCUT2D eigenvalue weighted by molar-refractivity contribution is -0.137. The van der Waals surface area contributed by atoms with Gasteiger partial charge in [0.1, 0.15) is 0 Å². The first kappa shape index (κ1) is 13.9. The number of nitrogens with one attached hydrogen (secondary N) is 1. The molecule has 0 aromatic heterocycles.